The lowest BCUT2D eigenvalue weighted by Gasteiger charge is -2.12. The lowest BCUT2D eigenvalue weighted by atomic mass is 10.2. The molecule has 1 N–H and O–H groups in total. The van der Waals surface area contributed by atoms with E-state index < -0.39 is 16.0 Å². The molecule has 0 unspecified atom stereocenters. The van der Waals surface area contributed by atoms with Crippen LogP contribution in [-0.2, 0) is 21.4 Å². The molecule has 11 heteroatoms. The summed E-state index contributed by atoms with van der Waals surface area (Å²) in [6, 6.07) is 16.3. The fourth-order valence-electron chi connectivity index (χ4n) is 2.98. The third-order valence-corrected chi connectivity index (χ3v) is 6.65. The van der Waals surface area contributed by atoms with Gasteiger partial charge in [-0.05, 0) is 64.5 Å². The molecule has 4 rings (SSSR count). The van der Waals surface area contributed by atoms with Gasteiger partial charge in [0, 0.05) is 21.8 Å². The Morgan fingerprint density at radius 2 is 1.82 bits per heavy atom. The Morgan fingerprint density at radius 3 is 2.58 bits per heavy atom. The summed E-state index contributed by atoms with van der Waals surface area (Å²) in [5.41, 5.74) is 0.386. The van der Waals surface area contributed by atoms with E-state index in [4.69, 9.17) is 16.3 Å². The van der Waals surface area contributed by atoms with E-state index >= 15 is 0 Å². The number of halogens is 2. The first-order chi connectivity index (χ1) is 15.7. The molecule has 0 fully saturated rings. The van der Waals surface area contributed by atoms with Gasteiger partial charge < -0.3 is 4.74 Å². The molecule has 2 aromatic heterocycles. The topological polar surface area (TPSA) is 107 Å². The molecule has 0 aliphatic rings. The number of esters is 1. The second-order valence-corrected chi connectivity index (χ2v) is 9.88. The summed E-state index contributed by atoms with van der Waals surface area (Å²) in [6.45, 7) is -0.265. The van der Waals surface area contributed by atoms with Crippen molar-refractivity contribution in [2.45, 2.75) is 11.5 Å². The Bertz CT molecular complexity index is 1520. The zero-order chi connectivity index (χ0) is 23.6. The van der Waals surface area contributed by atoms with Crippen molar-refractivity contribution in [1.29, 1.82) is 0 Å². The van der Waals surface area contributed by atoms with E-state index in [9.17, 15) is 18.0 Å². The molecule has 168 valence electrons. The lowest BCUT2D eigenvalue weighted by molar-refractivity contribution is 0.0469. The molecule has 2 aromatic carbocycles. The predicted octanol–water partition coefficient (Wildman–Crippen LogP) is 4.27. The number of nitrogens with zero attached hydrogens (tertiary/aromatic N) is 2. The largest absolute Gasteiger partial charge is 0.456 e. The van der Waals surface area contributed by atoms with E-state index in [0.29, 0.717) is 10.7 Å². The maximum atomic E-state index is 12.7. The highest BCUT2D eigenvalue weighted by Gasteiger charge is 2.19. The first kappa shape index (κ1) is 23.0. The first-order valence-corrected chi connectivity index (χ1v) is 12.1. The smallest absolute Gasteiger partial charge is 0.340 e. The second-order valence-electron chi connectivity index (χ2n) is 6.84. The fourth-order valence-corrected chi connectivity index (χ4v) is 4.53. The van der Waals surface area contributed by atoms with Gasteiger partial charge in [0.05, 0.1) is 21.8 Å². The number of aromatic nitrogens is 2. The number of anilines is 1. The molecule has 2 heterocycles. The van der Waals surface area contributed by atoms with Gasteiger partial charge in [0.2, 0.25) is 0 Å². The summed E-state index contributed by atoms with van der Waals surface area (Å²) in [6.07, 6.45) is 1.59. The molecule has 4 aromatic rings. The maximum Gasteiger partial charge on any atom is 0.340 e. The minimum absolute atomic E-state index is 0.0106. The zero-order valence-electron chi connectivity index (χ0n) is 16.7. The van der Waals surface area contributed by atoms with Crippen LogP contribution < -0.4 is 10.3 Å². The van der Waals surface area contributed by atoms with E-state index in [-0.39, 0.29) is 34.0 Å². The Morgan fingerprint density at radius 1 is 1.09 bits per heavy atom. The summed E-state index contributed by atoms with van der Waals surface area (Å²) in [5, 5.41) is 0.396. The zero-order valence-corrected chi connectivity index (χ0v) is 19.9. The molecular formula is C22H15BrClN3O5S. The minimum Gasteiger partial charge on any atom is -0.456 e. The monoisotopic (exact) mass is 547 g/mol. The Balaban J connectivity index is 1.54. The van der Waals surface area contributed by atoms with Crippen molar-refractivity contribution < 1.29 is 17.9 Å². The van der Waals surface area contributed by atoms with Gasteiger partial charge >= 0.3 is 5.97 Å². The van der Waals surface area contributed by atoms with E-state index in [2.05, 4.69) is 25.6 Å². The highest BCUT2D eigenvalue weighted by molar-refractivity contribution is 9.10. The van der Waals surface area contributed by atoms with Crippen LogP contribution in [0.5, 0.6) is 0 Å². The van der Waals surface area contributed by atoms with Crippen molar-refractivity contribution in [2.24, 2.45) is 0 Å². The molecule has 0 amide bonds. The van der Waals surface area contributed by atoms with Crippen LogP contribution in [0.3, 0.4) is 0 Å². The number of para-hydroxylation sites is 1. The number of nitrogens with one attached hydrogen (secondary N) is 1. The number of ether oxygens (including phenoxy) is 1. The van der Waals surface area contributed by atoms with Crippen molar-refractivity contribution in [2.75, 3.05) is 4.72 Å². The van der Waals surface area contributed by atoms with Crippen LogP contribution in [0.1, 0.15) is 16.1 Å². The standard InChI is InChI=1S/C22H15BrClN3O5S/c23-14-5-10-20-25-16(11-21(28)27(20)12-14)13-32-22(29)18-3-1-2-4-19(18)26-33(30,31)17-8-6-15(24)7-9-17/h1-12,26H,13H2. The van der Waals surface area contributed by atoms with Crippen molar-refractivity contribution >= 4 is 54.9 Å². The SMILES string of the molecule is O=C(OCc1cc(=O)n2cc(Br)ccc2n1)c1ccccc1NS(=O)(=O)c1ccc(Cl)cc1. The summed E-state index contributed by atoms with van der Waals surface area (Å²) in [4.78, 5) is 29.3. The highest BCUT2D eigenvalue weighted by Crippen LogP contribution is 2.22. The van der Waals surface area contributed by atoms with E-state index in [1.165, 1.54) is 46.9 Å². The molecule has 8 nitrogen and oxygen atoms in total. The summed E-state index contributed by atoms with van der Waals surface area (Å²) >= 11 is 9.11. The first-order valence-electron chi connectivity index (χ1n) is 9.45. The molecule has 0 spiro atoms. The molecule has 0 radical (unpaired) electrons. The molecular weight excluding hydrogens is 534 g/mol. The van der Waals surface area contributed by atoms with Crippen molar-refractivity contribution in [1.82, 2.24) is 9.38 Å². The Hall–Kier alpha value is -3.21. The van der Waals surface area contributed by atoms with Crippen LogP contribution in [0.25, 0.3) is 5.65 Å². The number of carbonyl (C=O) groups excluding carboxylic acids is 1. The van der Waals surface area contributed by atoms with Crippen LogP contribution in [0.4, 0.5) is 5.69 Å². The molecule has 0 saturated carbocycles. The van der Waals surface area contributed by atoms with Crippen LogP contribution in [0.2, 0.25) is 5.02 Å². The van der Waals surface area contributed by atoms with Crippen molar-refractivity contribution in [3.05, 3.63) is 104 Å². The number of benzene rings is 2. The van der Waals surface area contributed by atoms with Crippen LogP contribution in [-0.4, -0.2) is 23.8 Å². The molecule has 0 aliphatic carbocycles. The van der Waals surface area contributed by atoms with Gasteiger partial charge in [0.25, 0.3) is 15.6 Å². The maximum absolute atomic E-state index is 12.7. The quantitative estimate of drug-likeness (QED) is 0.361. The molecule has 0 atom stereocenters. The van der Waals surface area contributed by atoms with Crippen molar-refractivity contribution in [3.8, 4) is 0 Å². The Labute approximate surface area is 202 Å². The number of hydrogen-bond donors (Lipinski definition) is 1. The number of fused-ring (bicyclic) bond motifs is 1. The summed E-state index contributed by atoms with van der Waals surface area (Å²) < 4.78 is 35.2. The molecule has 0 saturated heterocycles. The van der Waals surface area contributed by atoms with Gasteiger partial charge in [-0.1, -0.05) is 23.7 Å². The van der Waals surface area contributed by atoms with Gasteiger partial charge in [0.15, 0.2) is 0 Å². The minimum atomic E-state index is -3.96. The molecule has 33 heavy (non-hydrogen) atoms. The van der Waals surface area contributed by atoms with Gasteiger partial charge in [0.1, 0.15) is 12.3 Å². The third kappa shape index (κ3) is 5.24. The van der Waals surface area contributed by atoms with Gasteiger partial charge in [-0.2, -0.15) is 0 Å². The number of pyridine rings is 1. The van der Waals surface area contributed by atoms with Crippen LogP contribution >= 0.6 is 27.5 Å². The summed E-state index contributed by atoms with van der Waals surface area (Å²) in [7, 11) is -3.96. The van der Waals surface area contributed by atoms with Crippen LogP contribution in [0, 0.1) is 0 Å². The highest BCUT2D eigenvalue weighted by atomic mass is 79.9. The van der Waals surface area contributed by atoms with Gasteiger partial charge in [-0.3, -0.25) is 13.9 Å². The number of rotatable bonds is 6. The van der Waals surface area contributed by atoms with E-state index in [0.717, 1.165) is 4.47 Å². The van der Waals surface area contributed by atoms with E-state index in [1.54, 1.807) is 30.5 Å². The summed E-state index contributed by atoms with van der Waals surface area (Å²) in [5.74, 6) is -0.776. The average Bonchev–Trinajstić information content (AvgIpc) is 2.78. The number of carbonyl (C=O) groups is 1. The fraction of sp³-hybridized carbons (Fsp3) is 0.0455. The number of hydrogen-bond acceptors (Lipinski definition) is 6. The third-order valence-electron chi connectivity index (χ3n) is 4.54. The van der Waals surface area contributed by atoms with Gasteiger partial charge in [-0.25, -0.2) is 18.2 Å². The molecule has 0 bridgehead atoms. The van der Waals surface area contributed by atoms with Crippen molar-refractivity contribution in [3.63, 3.8) is 0 Å². The Kier molecular flexibility index (Phi) is 6.50. The number of sulfonamides is 1. The average molecular weight is 549 g/mol. The van der Waals surface area contributed by atoms with Gasteiger partial charge in [-0.15, -0.1) is 0 Å². The van der Waals surface area contributed by atoms with Crippen LogP contribution in [0.15, 0.2) is 87.1 Å². The van der Waals surface area contributed by atoms with E-state index in [1.807, 2.05) is 0 Å². The normalized spacial score (nSPS) is 11.3. The second kappa shape index (κ2) is 9.34. The predicted molar refractivity (Wildman–Crippen MR) is 127 cm³/mol. The molecule has 0 aliphatic heterocycles. The lowest BCUT2D eigenvalue weighted by Crippen LogP contribution is -2.18.